The molecule has 0 aliphatic heterocycles. The maximum atomic E-state index is 13.0. The minimum atomic E-state index is -2.66. The molecule has 0 aromatic carbocycles. The van der Waals surface area contributed by atoms with Crippen LogP contribution in [0.25, 0.3) is 0 Å². The van der Waals surface area contributed by atoms with Gasteiger partial charge in [-0.2, -0.15) is 0 Å². The van der Waals surface area contributed by atoms with E-state index in [1.165, 1.54) is 4.57 Å². The van der Waals surface area contributed by atoms with Crippen molar-refractivity contribution in [1.29, 1.82) is 0 Å². The third-order valence-electron chi connectivity index (χ3n) is 3.51. The number of halogens is 2. The van der Waals surface area contributed by atoms with Crippen molar-refractivity contribution in [3.05, 3.63) is 11.6 Å². The van der Waals surface area contributed by atoms with Gasteiger partial charge in [0.25, 0.3) is 0 Å². The van der Waals surface area contributed by atoms with Crippen molar-refractivity contribution in [2.45, 2.75) is 51.5 Å². The Hall–Kier alpha value is -1.53. The standard InChI is InChI=1S/C12H17F2N3O2/c1-6(2)9(11(18)19)17-7(3)15-16-10(17)8-4-12(13,14)5-8/h6,8-9H,4-5H2,1-3H3,(H,18,19). The van der Waals surface area contributed by atoms with Gasteiger partial charge in [-0.15, -0.1) is 10.2 Å². The van der Waals surface area contributed by atoms with Gasteiger partial charge in [-0.1, -0.05) is 13.8 Å². The molecule has 19 heavy (non-hydrogen) atoms. The molecule has 1 saturated carbocycles. The van der Waals surface area contributed by atoms with Crippen LogP contribution in [0.15, 0.2) is 0 Å². The number of aryl methyl sites for hydroxylation is 1. The van der Waals surface area contributed by atoms with E-state index in [1.54, 1.807) is 20.8 Å². The molecule has 1 aliphatic rings. The molecular formula is C12H17F2N3O2. The van der Waals surface area contributed by atoms with Crippen LogP contribution in [0.2, 0.25) is 0 Å². The number of carbonyl (C=O) groups is 1. The molecule has 106 valence electrons. The molecule has 1 atom stereocenters. The van der Waals surface area contributed by atoms with E-state index >= 15 is 0 Å². The Balaban J connectivity index is 2.35. The molecule has 1 aliphatic carbocycles. The maximum Gasteiger partial charge on any atom is 0.327 e. The van der Waals surface area contributed by atoms with Crippen LogP contribution in [0.1, 0.15) is 50.3 Å². The lowest BCUT2D eigenvalue weighted by atomic mass is 9.80. The molecule has 7 heteroatoms. The van der Waals surface area contributed by atoms with Gasteiger partial charge in [0.2, 0.25) is 5.92 Å². The summed E-state index contributed by atoms with van der Waals surface area (Å²) in [5.74, 6) is -3.42. The Labute approximate surface area is 109 Å². The molecule has 1 aromatic heterocycles. The van der Waals surface area contributed by atoms with Crippen molar-refractivity contribution in [1.82, 2.24) is 14.8 Å². The SMILES string of the molecule is Cc1nnc(C2CC(F)(F)C2)n1C(C(=O)O)C(C)C. The molecule has 5 nitrogen and oxygen atoms in total. The third-order valence-corrected chi connectivity index (χ3v) is 3.51. The summed E-state index contributed by atoms with van der Waals surface area (Å²) in [6, 6.07) is -0.820. The second kappa shape index (κ2) is 4.54. The highest BCUT2D eigenvalue weighted by molar-refractivity contribution is 5.72. The summed E-state index contributed by atoms with van der Waals surface area (Å²) in [4.78, 5) is 11.4. The Bertz CT molecular complexity index is 491. The van der Waals surface area contributed by atoms with Crippen LogP contribution >= 0.6 is 0 Å². The largest absolute Gasteiger partial charge is 0.480 e. The van der Waals surface area contributed by atoms with E-state index in [1.807, 2.05) is 0 Å². The van der Waals surface area contributed by atoms with Gasteiger partial charge in [-0.25, -0.2) is 13.6 Å². The second-order valence-electron chi connectivity index (χ2n) is 5.46. The summed E-state index contributed by atoms with van der Waals surface area (Å²) < 4.78 is 27.4. The summed E-state index contributed by atoms with van der Waals surface area (Å²) in [6.07, 6.45) is -0.564. The Morgan fingerprint density at radius 2 is 2.00 bits per heavy atom. The lowest BCUT2D eigenvalue weighted by Gasteiger charge is -2.35. The van der Waals surface area contributed by atoms with Crippen LogP contribution in [-0.2, 0) is 4.79 Å². The average Bonchev–Trinajstić information content (AvgIpc) is 2.56. The van der Waals surface area contributed by atoms with Gasteiger partial charge in [0, 0.05) is 18.8 Å². The third kappa shape index (κ3) is 2.46. The first-order valence-corrected chi connectivity index (χ1v) is 6.25. The van der Waals surface area contributed by atoms with Gasteiger partial charge in [-0.3, -0.25) is 0 Å². The summed E-state index contributed by atoms with van der Waals surface area (Å²) in [6.45, 7) is 5.19. The van der Waals surface area contributed by atoms with Crippen LogP contribution in [0.5, 0.6) is 0 Å². The van der Waals surface area contributed by atoms with Crippen LogP contribution in [0, 0.1) is 12.8 Å². The fourth-order valence-electron chi connectivity index (χ4n) is 2.55. The van der Waals surface area contributed by atoms with Crippen LogP contribution < -0.4 is 0 Å². The van der Waals surface area contributed by atoms with E-state index in [9.17, 15) is 18.7 Å². The number of hydrogen-bond acceptors (Lipinski definition) is 3. The summed E-state index contributed by atoms with van der Waals surface area (Å²) >= 11 is 0. The second-order valence-corrected chi connectivity index (χ2v) is 5.46. The topological polar surface area (TPSA) is 68.0 Å². The molecule has 1 aromatic rings. The van der Waals surface area contributed by atoms with Crippen molar-refractivity contribution >= 4 is 5.97 Å². The minimum absolute atomic E-state index is 0.175. The number of carboxylic acids is 1. The van der Waals surface area contributed by atoms with Crippen LogP contribution in [0.3, 0.4) is 0 Å². The minimum Gasteiger partial charge on any atom is -0.480 e. The fourth-order valence-corrected chi connectivity index (χ4v) is 2.55. The molecule has 0 radical (unpaired) electrons. The molecule has 1 unspecified atom stereocenters. The summed E-state index contributed by atoms with van der Waals surface area (Å²) in [7, 11) is 0. The van der Waals surface area contributed by atoms with Crippen LogP contribution in [0.4, 0.5) is 8.78 Å². The monoisotopic (exact) mass is 273 g/mol. The summed E-state index contributed by atoms with van der Waals surface area (Å²) in [5, 5.41) is 17.1. The molecule has 1 N–H and O–H groups in total. The molecule has 0 bridgehead atoms. The van der Waals surface area contributed by atoms with E-state index in [2.05, 4.69) is 10.2 Å². The first-order valence-electron chi connectivity index (χ1n) is 6.25. The highest BCUT2D eigenvalue weighted by atomic mass is 19.3. The number of nitrogens with zero attached hydrogens (tertiary/aromatic N) is 3. The number of carboxylic acid groups (broad SMARTS) is 1. The quantitative estimate of drug-likeness (QED) is 0.914. The maximum absolute atomic E-state index is 13.0. The van der Waals surface area contributed by atoms with E-state index in [0.29, 0.717) is 11.6 Å². The van der Waals surface area contributed by atoms with Gasteiger partial charge in [0.15, 0.2) is 0 Å². The zero-order chi connectivity index (χ0) is 14.4. The van der Waals surface area contributed by atoms with Crippen molar-refractivity contribution in [3.63, 3.8) is 0 Å². The number of aromatic nitrogens is 3. The lowest BCUT2D eigenvalue weighted by Crippen LogP contribution is -2.37. The summed E-state index contributed by atoms with van der Waals surface area (Å²) in [5.41, 5.74) is 0. The van der Waals surface area contributed by atoms with Crippen molar-refractivity contribution in [3.8, 4) is 0 Å². The van der Waals surface area contributed by atoms with E-state index in [4.69, 9.17) is 0 Å². The van der Waals surface area contributed by atoms with Gasteiger partial charge >= 0.3 is 5.97 Å². The zero-order valence-electron chi connectivity index (χ0n) is 11.1. The van der Waals surface area contributed by atoms with Crippen LogP contribution in [-0.4, -0.2) is 31.8 Å². The molecule has 1 heterocycles. The predicted octanol–water partition coefficient (Wildman–Crippen LogP) is 2.38. The molecule has 0 amide bonds. The normalized spacial score (nSPS) is 20.3. The van der Waals surface area contributed by atoms with Crippen molar-refractivity contribution in [2.75, 3.05) is 0 Å². The van der Waals surface area contributed by atoms with E-state index < -0.39 is 23.9 Å². The highest BCUT2D eigenvalue weighted by Crippen LogP contribution is 2.48. The number of hydrogen-bond donors (Lipinski definition) is 1. The molecule has 2 rings (SSSR count). The number of rotatable bonds is 4. The fraction of sp³-hybridized carbons (Fsp3) is 0.750. The van der Waals surface area contributed by atoms with Gasteiger partial charge < -0.3 is 9.67 Å². The predicted molar refractivity (Wildman–Crippen MR) is 63.2 cm³/mol. The lowest BCUT2D eigenvalue weighted by molar-refractivity contribution is -0.142. The Morgan fingerprint density at radius 1 is 1.42 bits per heavy atom. The average molecular weight is 273 g/mol. The molecule has 0 spiro atoms. The van der Waals surface area contributed by atoms with Gasteiger partial charge in [0.05, 0.1) is 0 Å². The molecule has 1 fully saturated rings. The Kier molecular flexibility index (Phi) is 3.32. The number of alkyl halides is 2. The zero-order valence-corrected chi connectivity index (χ0v) is 11.1. The smallest absolute Gasteiger partial charge is 0.327 e. The molecule has 0 saturated heterocycles. The number of aliphatic carboxylic acids is 1. The molecular weight excluding hydrogens is 256 g/mol. The van der Waals surface area contributed by atoms with E-state index in [-0.39, 0.29) is 18.8 Å². The Morgan fingerprint density at radius 3 is 2.42 bits per heavy atom. The first-order chi connectivity index (χ1) is 8.73. The van der Waals surface area contributed by atoms with Gasteiger partial charge in [-0.05, 0) is 12.8 Å². The highest BCUT2D eigenvalue weighted by Gasteiger charge is 2.48. The van der Waals surface area contributed by atoms with E-state index in [0.717, 1.165) is 0 Å². The van der Waals surface area contributed by atoms with Crippen molar-refractivity contribution < 1.29 is 18.7 Å². The first kappa shape index (κ1) is 13.9. The van der Waals surface area contributed by atoms with Gasteiger partial charge in [0.1, 0.15) is 17.7 Å². The van der Waals surface area contributed by atoms with Crippen molar-refractivity contribution in [2.24, 2.45) is 5.92 Å².